The molecule has 1 aliphatic heterocycles. The van der Waals surface area contributed by atoms with Gasteiger partial charge in [-0.3, -0.25) is 4.79 Å². The summed E-state index contributed by atoms with van der Waals surface area (Å²) in [5, 5.41) is 6.09. The Hall–Kier alpha value is -3.68. The van der Waals surface area contributed by atoms with Crippen molar-refractivity contribution in [3.05, 3.63) is 72.2 Å². The monoisotopic (exact) mass is 421 g/mol. The average Bonchev–Trinajstić information content (AvgIpc) is 2.81. The third-order valence-electron chi connectivity index (χ3n) is 5.24. The van der Waals surface area contributed by atoms with Gasteiger partial charge in [-0.25, -0.2) is 9.37 Å². The van der Waals surface area contributed by atoms with Gasteiger partial charge < -0.3 is 20.3 Å². The largest absolute Gasteiger partial charge is 0.497 e. The van der Waals surface area contributed by atoms with Gasteiger partial charge in [-0.05, 0) is 55.3 Å². The molecule has 2 aromatic carbocycles. The van der Waals surface area contributed by atoms with E-state index < -0.39 is 0 Å². The van der Waals surface area contributed by atoms with E-state index >= 15 is 0 Å². The van der Waals surface area contributed by atoms with Gasteiger partial charge in [0.25, 0.3) is 5.91 Å². The first kappa shape index (κ1) is 20.6. The van der Waals surface area contributed by atoms with Crippen LogP contribution in [0.5, 0.6) is 5.75 Å². The van der Waals surface area contributed by atoms with Crippen molar-refractivity contribution < 1.29 is 13.9 Å². The summed E-state index contributed by atoms with van der Waals surface area (Å²) in [6.45, 7) is 1.44. The smallest absolute Gasteiger partial charge is 0.251 e. The summed E-state index contributed by atoms with van der Waals surface area (Å²) < 4.78 is 19.0. The second kappa shape index (κ2) is 9.42. The predicted octanol–water partition coefficient (Wildman–Crippen LogP) is 3.77. The Morgan fingerprint density at radius 2 is 1.84 bits per heavy atom. The van der Waals surface area contributed by atoms with Crippen molar-refractivity contribution in [1.82, 2.24) is 15.3 Å². The van der Waals surface area contributed by atoms with Crippen LogP contribution in [0.25, 0.3) is 0 Å². The van der Waals surface area contributed by atoms with E-state index in [1.54, 1.807) is 61.8 Å². The molecule has 0 aliphatic carbocycles. The molecule has 160 valence electrons. The van der Waals surface area contributed by atoms with E-state index in [4.69, 9.17) is 4.74 Å². The van der Waals surface area contributed by atoms with E-state index in [9.17, 15) is 9.18 Å². The number of hydrogen-bond donors (Lipinski definition) is 2. The topological polar surface area (TPSA) is 79.4 Å². The van der Waals surface area contributed by atoms with Crippen LogP contribution < -0.4 is 20.3 Å². The maximum absolute atomic E-state index is 13.9. The molecule has 2 N–H and O–H groups in total. The molecule has 1 aromatic heterocycles. The fourth-order valence-electron chi connectivity index (χ4n) is 3.51. The minimum absolute atomic E-state index is 0.0885. The third kappa shape index (κ3) is 5.09. The molecule has 1 saturated heterocycles. The Morgan fingerprint density at radius 1 is 1.10 bits per heavy atom. The Labute approximate surface area is 180 Å². The van der Waals surface area contributed by atoms with Crippen LogP contribution in [0.4, 0.5) is 21.8 Å². The van der Waals surface area contributed by atoms with Crippen molar-refractivity contribution in [1.29, 1.82) is 0 Å². The van der Waals surface area contributed by atoms with Crippen molar-refractivity contribution in [3.8, 4) is 5.75 Å². The number of carbonyl (C=O) groups is 1. The Bertz CT molecular complexity index is 1040. The SMILES string of the molecule is COc1ccc(C(=O)NC2CCN(c3nccc(Nc4ccccc4F)n3)CC2)cc1. The summed E-state index contributed by atoms with van der Waals surface area (Å²) in [5.74, 6) is 1.41. The first-order valence-corrected chi connectivity index (χ1v) is 10.2. The quantitative estimate of drug-likeness (QED) is 0.631. The fourth-order valence-corrected chi connectivity index (χ4v) is 3.51. The lowest BCUT2D eigenvalue weighted by Crippen LogP contribution is -2.45. The van der Waals surface area contributed by atoms with E-state index in [-0.39, 0.29) is 17.8 Å². The van der Waals surface area contributed by atoms with Gasteiger partial charge >= 0.3 is 0 Å². The molecule has 2 heterocycles. The molecule has 1 amide bonds. The van der Waals surface area contributed by atoms with Gasteiger partial charge in [0.05, 0.1) is 12.8 Å². The average molecular weight is 421 g/mol. The highest BCUT2D eigenvalue weighted by molar-refractivity contribution is 5.94. The number of benzene rings is 2. The highest BCUT2D eigenvalue weighted by Crippen LogP contribution is 2.21. The first-order valence-electron chi connectivity index (χ1n) is 10.2. The molecule has 0 unspecified atom stereocenters. The molecule has 0 saturated carbocycles. The number of carbonyl (C=O) groups excluding carboxylic acids is 1. The number of nitrogens with zero attached hydrogens (tertiary/aromatic N) is 3. The molecule has 0 spiro atoms. The lowest BCUT2D eigenvalue weighted by molar-refractivity contribution is 0.0931. The number of aromatic nitrogens is 2. The van der Waals surface area contributed by atoms with E-state index in [2.05, 4.69) is 25.5 Å². The number of piperidine rings is 1. The second-order valence-electron chi connectivity index (χ2n) is 7.31. The highest BCUT2D eigenvalue weighted by Gasteiger charge is 2.23. The molecule has 0 atom stereocenters. The summed E-state index contributed by atoms with van der Waals surface area (Å²) >= 11 is 0. The number of amides is 1. The summed E-state index contributed by atoms with van der Waals surface area (Å²) in [7, 11) is 1.60. The van der Waals surface area contributed by atoms with Crippen molar-refractivity contribution in [2.75, 3.05) is 30.4 Å². The molecule has 0 radical (unpaired) electrons. The maximum Gasteiger partial charge on any atom is 0.251 e. The van der Waals surface area contributed by atoms with E-state index in [1.165, 1.54) is 6.07 Å². The highest BCUT2D eigenvalue weighted by atomic mass is 19.1. The number of halogens is 1. The van der Waals surface area contributed by atoms with Gasteiger partial charge in [0, 0.05) is 30.9 Å². The lowest BCUT2D eigenvalue weighted by atomic mass is 10.0. The van der Waals surface area contributed by atoms with Crippen LogP contribution in [0.1, 0.15) is 23.2 Å². The zero-order valence-electron chi connectivity index (χ0n) is 17.2. The van der Waals surface area contributed by atoms with Gasteiger partial charge in [0.15, 0.2) is 0 Å². The summed E-state index contributed by atoms with van der Waals surface area (Å²) in [4.78, 5) is 23.4. The van der Waals surface area contributed by atoms with Crippen molar-refractivity contribution in [3.63, 3.8) is 0 Å². The minimum Gasteiger partial charge on any atom is -0.497 e. The number of ether oxygens (including phenoxy) is 1. The molecule has 7 nitrogen and oxygen atoms in total. The van der Waals surface area contributed by atoms with Crippen LogP contribution in [0, 0.1) is 5.82 Å². The van der Waals surface area contributed by atoms with E-state index in [1.807, 2.05) is 0 Å². The number of nitrogens with one attached hydrogen (secondary N) is 2. The number of rotatable bonds is 6. The standard InChI is InChI=1S/C23H24FN5O2/c1-31-18-8-6-16(7-9-18)22(30)26-17-11-14-29(15-12-17)23-25-13-10-21(28-23)27-20-5-3-2-4-19(20)24/h2-10,13,17H,11-12,14-15H2,1H3,(H,26,30)(H,25,27,28). The number of para-hydroxylation sites is 1. The van der Waals surface area contributed by atoms with Crippen LogP contribution in [0.3, 0.4) is 0 Å². The number of anilines is 3. The fraction of sp³-hybridized carbons (Fsp3) is 0.261. The number of hydrogen-bond acceptors (Lipinski definition) is 6. The number of methoxy groups -OCH3 is 1. The lowest BCUT2D eigenvalue weighted by Gasteiger charge is -2.32. The normalized spacial score (nSPS) is 14.2. The van der Waals surface area contributed by atoms with E-state index in [0.717, 1.165) is 31.7 Å². The maximum atomic E-state index is 13.9. The van der Waals surface area contributed by atoms with Gasteiger partial charge in [-0.1, -0.05) is 12.1 Å². The molecule has 1 aliphatic rings. The molecule has 1 fully saturated rings. The Balaban J connectivity index is 1.33. The molecule has 8 heteroatoms. The Kier molecular flexibility index (Phi) is 6.26. The first-order chi connectivity index (χ1) is 15.1. The van der Waals surface area contributed by atoms with Crippen molar-refractivity contribution in [2.45, 2.75) is 18.9 Å². The molecule has 0 bridgehead atoms. The molecule has 31 heavy (non-hydrogen) atoms. The summed E-state index contributed by atoms with van der Waals surface area (Å²) in [6.07, 6.45) is 3.23. The van der Waals surface area contributed by atoms with Gasteiger partial charge in [-0.2, -0.15) is 4.98 Å². The summed E-state index contributed by atoms with van der Waals surface area (Å²) in [5.41, 5.74) is 0.977. The van der Waals surface area contributed by atoms with Crippen molar-refractivity contribution >= 4 is 23.4 Å². The van der Waals surface area contributed by atoms with Crippen molar-refractivity contribution in [2.24, 2.45) is 0 Å². The van der Waals surface area contributed by atoms with Gasteiger partial charge in [0.2, 0.25) is 5.95 Å². The van der Waals surface area contributed by atoms with Crippen LogP contribution in [-0.4, -0.2) is 42.1 Å². The zero-order valence-corrected chi connectivity index (χ0v) is 17.2. The van der Waals surface area contributed by atoms with Crippen LogP contribution in [0.2, 0.25) is 0 Å². The van der Waals surface area contributed by atoms with Crippen LogP contribution in [0.15, 0.2) is 60.8 Å². The zero-order chi connectivity index (χ0) is 21.6. The van der Waals surface area contributed by atoms with Crippen LogP contribution >= 0.6 is 0 Å². The summed E-state index contributed by atoms with van der Waals surface area (Å²) in [6, 6.07) is 15.3. The Morgan fingerprint density at radius 3 is 2.55 bits per heavy atom. The third-order valence-corrected chi connectivity index (χ3v) is 5.24. The molecular formula is C23H24FN5O2. The molecule has 4 rings (SSSR count). The second-order valence-corrected chi connectivity index (χ2v) is 7.31. The van der Waals surface area contributed by atoms with E-state index in [0.29, 0.717) is 23.0 Å². The molecule has 3 aromatic rings. The predicted molar refractivity (Wildman–Crippen MR) is 117 cm³/mol. The van der Waals surface area contributed by atoms with Gasteiger partial charge in [0.1, 0.15) is 17.4 Å². The van der Waals surface area contributed by atoms with Gasteiger partial charge in [-0.15, -0.1) is 0 Å². The molecular weight excluding hydrogens is 397 g/mol. The van der Waals surface area contributed by atoms with Crippen LogP contribution in [-0.2, 0) is 0 Å². The minimum atomic E-state index is -0.337.